The van der Waals surface area contributed by atoms with E-state index in [1.54, 1.807) is 0 Å². The zero-order chi connectivity index (χ0) is 17.7. The average molecular weight is 330 g/mol. The lowest BCUT2D eigenvalue weighted by Gasteiger charge is -2.34. The Morgan fingerprint density at radius 2 is 1.14 bits per heavy atom. The maximum atomic E-state index is 8.66. The first-order valence-electron chi connectivity index (χ1n) is 7.32. The summed E-state index contributed by atoms with van der Waals surface area (Å²) < 4.78 is 10.8. The Balaban J connectivity index is -0.000000242. The van der Waals surface area contributed by atoms with Crippen molar-refractivity contribution in [2.75, 3.05) is 60.5 Å². The molecule has 0 aliphatic heterocycles. The number of phosphoric acid groups is 1. The third kappa shape index (κ3) is 25.3. The van der Waals surface area contributed by atoms with Gasteiger partial charge in [-0.1, -0.05) is 0 Å². The molecule has 0 saturated carbocycles. The van der Waals surface area contributed by atoms with Gasteiger partial charge in [0.25, 0.3) is 0 Å². The van der Waals surface area contributed by atoms with Gasteiger partial charge in [-0.15, -0.1) is 0 Å². The van der Waals surface area contributed by atoms with E-state index in [1.165, 1.54) is 30.7 Å². The molecule has 132 valence electrons. The summed E-state index contributed by atoms with van der Waals surface area (Å²) in [6.07, 6.45) is 0. The summed E-state index contributed by atoms with van der Waals surface area (Å²) in [6, 6.07) is 0. The number of hydrogen-bond acceptors (Lipinski definition) is 4. The number of aliphatic hydroxyl groups is 1. The number of quaternary nitrogens is 2. The van der Waals surface area contributed by atoms with E-state index in [4.69, 9.17) is 24.4 Å². The van der Waals surface area contributed by atoms with Crippen LogP contribution in [-0.4, -0.2) is 79.4 Å². The molecule has 0 unspecified atom stereocenters. The van der Waals surface area contributed by atoms with Crippen molar-refractivity contribution in [1.82, 2.24) is 0 Å². The van der Waals surface area contributed by atoms with Gasteiger partial charge < -0.3 is 33.3 Å². The van der Waals surface area contributed by atoms with Crippen LogP contribution in [0.1, 0.15) is 27.7 Å². The number of likely N-dealkylation sites (N-methyl/N-ethyl adjacent to an activating group) is 1. The fraction of sp³-hybridized carbons (Fsp3) is 1.00. The lowest BCUT2D eigenvalue weighted by molar-refractivity contribution is -0.921. The Hall–Kier alpha value is -0.0100. The molecule has 0 spiro atoms. The molecule has 0 radical (unpaired) electrons. The largest absolute Gasteiger partial charge is 0.790 e. The van der Waals surface area contributed by atoms with Crippen molar-refractivity contribution >= 4 is 7.82 Å². The summed E-state index contributed by atoms with van der Waals surface area (Å²) in [5.41, 5.74) is 0. The van der Waals surface area contributed by atoms with Gasteiger partial charge in [-0.05, 0) is 27.7 Å². The highest BCUT2D eigenvalue weighted by Crippen LogP contribution is 2.11. The third-order valence-electron chi connectivity index (χ3n) is 3.45. The molecule has 0 fully saturated rings. The van der Waals surface area contributed by atoms with Crippen LogP contribution < -0.4 is 9.79 Å². The maximum Gasteiger partial charge on any atom is 0.101 e. The first-order valence-corrected chi connectivity index (χ1v) is 8.81. The van der Waals surface area contributed by atoms with Crippen LogP contribution in [0.3, 0.4) is 0 Å². The van der Waals surface area contributed by atoms with Gasteiger partial charge in [0.2, 0.25) is 0 Å². The van der Waals surface area contributed by atoms with Crippen LogP contribution in [0.5, 0.6) is 0 Å². The van der Waals surface area contributed by atoms with Crippen molar-refractivity contribution in [2.24, 2.45) is 0 Å². The van der Waals surface area contributed by atoms with E-state index >= 15 is 0 Å². The number of aliphatic hydroxyl groups excluding tert-OH is 1. The van der Waals surface area contributed by atoms with Gasteiger partial charge in [-0.25, -0.2) is 0 Å². The summed E-state index contributed by atoms with van der Waals surface area (Å²) in [5.74, 6) is 0. The Morgan fingerprint density at radius 1 is 0.905 bits per heavy atom. The molecule has 0 aromatic heterocycles. The topological polar surface area (TPSA) is 104 Å². The lowest BCUT2D eigenvalue weighted by atomic mass is 10.3. The zero-order valence-electron chi connectivity index (χ0n) is 14.7. The molecular formula is C13H35N2O5P. The normalized spacial score (nSPS) is 12.0. The molecule has 21 heavy (non-hydrogen) atoms. The van der Waals surface area contributed by atoms with Crippen LogP contribution in [0.25, 0.3) is 0 Å². The van der Waals surface area contributed by atoms with Crippen LogP contribution in [0.2, 0.25) is 0 Å². The Kier molecular flexibility index (Phi) is 15.5. The number of rotatable bonds is 6. The standard InChI is InChI=1S/C8H20N.C5H14NO.H3O4P/c1-5-9(6-2,7-3)8-4;1-6(2,3)4-5-7;1-5(2,3)4/h5-8H2,1-4H3;7H,4-5H2,1-3H3;(H3,1,2,3,4)/q2*+1;/p-2. The first kappa shape index (κ1) is 25.9. The van der Waals surface area contributed by atoms with Crippen LogP contribution in [-0.2, 0) is 4.57 Å². The van der Waals surface area contributed by atoms with Crippen molar-refractivity contribution < 1.29 is 33.3 Å². The van der Waals surface area contributed by atoms with E-state index in [-0.39, 0.29) is 6.61 Å². The third-order valence-corrected chi connectivity index (χ3v) is 3.45. The molecule has 0 atom stereocenters. The quantitative estimate of drug-likeness (QED) is 0.499. The van der Waals surface area contributed by atoms with Gasteiger partial charge in [0.05, 0.1) is 61.8 Å². The molecule has 0 aromatic carbocycles. The molecular weight excluding hydrogens is 295 g/mol. The van der Waals surface area contributed by atoms with Crippen molar-refractivity contribution in [3.63, 3.8) is 0 Å². The summed E-state index contributed by atoms with van der Waals surface area (Å²) in [4.78, 5) is 24.3. The van der Waals surface area contributed by atoms with Crippen molar-refractivity contribution in [3.05, 3.63) is 0 Å². The van der Waals surface area contributed by atoms with Gasteiger partial charge in [-0.3, -0.25) is 0 Å². The molecule has 2 N–H and O–H groups in total. The fourth-order valence-corrected chi connectivity index (χ4v) is 1.64. The van der Waals surface area contributed by atoms with Crippen LogP contribution in [0.4, 0.5) is 0 Å². The highest BCUT2D eigenvalue weighted by molar-refractivity contribution is 7.42. The van der Waals surface area contributed by atoms with E-state index in [0.29, 0.717) is 0 Å². The smallest absolute Gasteiger partial charge is 0.101 e. The second-order valence-corrected chi connectivity index (χ2v) is 6.75. The molecule has 8 heteroatoms. The summed E-state index contributed by atoms with van der Waals surface area (Å²) in [7, 11) is 1.02. The van der Waals surface area contributed by atoms with E-state index in [1.807, 2.05) is 0 Å². The minimum Gasteiger partial charge on any atom is -0.790 e. The minimum absolute atomic E-state index is 0.281. The van der Waals surface area contributed by atoms with E-state index in [9.17, 15) is 0 Å². The predicted octanol–water partition coefficient (Wildman–Crippen LogP) is -0.625. The van der Waals surface area contributed by atoms with Gasteiger partial charge in [0.15, 0.2) is 0 Å². The highest BCUT2D eigenvalue weighted by atomic mass is 31.2. The molecule has 0 amide bonds. The highest BCUT2D eigenvalue weighted by Gasteiger charge is 2.16. The summed E-state index contributed by atoms with van der Waals surface area (Å²) in [5, 5.41) is 8.39. The molecule has 7 nitrogen and oxygen atoms in total. The average Bonchev–Trinajstić information content (AvgIpc) is 2.30. The molecule has 0 saturated heterocycles. The van der Waals surface area contributed by atoms with Crippen LogP contribution in [0.15, 0.2) is 0 Å². The molecule has 0 aliphatic rings. The molecule has 0 heterocycles. The second-order valence-electron chi connectivity index (χ2n) is 5.81. The van der Waals surface area contributed by atoms with Crippen molar-refractivity contribution in [2.45, 2.75) is 27.7 Å². The predicted molar refractivity (Wildman–Crippen MR) is 82.2 cm³/mol. The van der Waals surface area contributed by atoms with Gasteiger partial charge in [0.1, 0.15) is 6.54 Å². The lowest BCUT2D eigenvalue weighted by Crippen LogP contribution is -2.47. The minimum atomic E-state index is -5.14. The van der Waals surface area contributed by atoms with Crippen LogP contribution >= 0.6 is 7.82 Å². The SMILES string of the molecule is CC[N+](CC)(CC)CC.C[N+](C)(C)CCO.O=P([O-])([O-])O. The Morgan fingerprint density at radius 3 is 1.14 bits per heavy atom. The fourth-order valence-electron chi connectivity index (χ4n) is 1.64. The first-order chi connectivity index (χ1) is 9.30. The Labute approximate surface area is 130 Å². The van der Waals surface area contributed by atoms with Crippen LogP contribution in [0, 0.1) is 0 Å². The van der Waals surface area contributed by atoms with E-state index in [2.05, 4.69) is 48.8 Å². The van der Waals surface area contributed by atoms with E-state index < -0.39 is 7.82 Å². The van der Waals surface area contributed by atoms with Gasteiger partial charge in [-0.2, -0.15) is 0 Å². The van der Waals surface area contributed by atoms with Gasteiger partial charge >= 0.3 is 0 Å². The molecule has 0 bridgehead atoms. The summed E-state index contributed by atoms with van der Waals surface area (Å²) in [6.45, 7) is 15.3. The Bertz CT molecular complexity index is 246. The van der Waals surface area contributed by atoms with Crippen molar-refractivity contribution in [1.29, 1.82) is 0 Å². The van der Waals surface area contributed by atoms with E-state index in [0.717, 1.165) is 11.0 Å². The molecule has 0 aromatic rings. The monoisotopic (exact) mass is 330 g/mol. The summed E-state index contributed by atoms with van der Waals surface area (Å²) >= 11 is 0. The molecule has 0 rings (SSSR count). The second kappa shape index (κ2) is 12.5. The number of hydrogen-bond donors (Lipinski definition) is 2. The maximum absolute atomic E-state index is 8.66. The molecule has 0 aliphatic carbocycles. The van der Waals surface area contributed by atoms with Gasteiger partial charge in [0, 0.05) is 0 Å². The number of nitrogens with zero attached hydrogens (tertiary/aromatic N) is 2. The van der Waals surface area contributed by atoms with Crippen molar-refractivity contribution in [3.8, 4) is 0 Å². The zero-order valence-corrected chi connectivity index (χ0v) is 15.6.